The Hall–Kier alpha value is -4.38. The predicted molar refractivity (Wildman–Crippen MR) is 161 cm³/mol. The molecule has 8 heteroatoms. The molecule has 3 amide bonds. The quantitative estimate of drug-likeness (QED) is 0.282. The number of anilines is 1. The summed E-state index contributed by atoms with van der Waals surface area (Å²) in [5, 5.41) is 17.4. The molecule has 3 rings (SSSR count). The molecule has 0 aliphatic heterocycles. The summed E-state index contributed by atoms with van der Waals surface area (Å²) in [6.07, 6.45) is 0.372. The molecule has 0 aliphatic carbocycles. The van der Waals surface area contributed by atoms with Crippen LogP contribution < -0.4 is 10.6 Å². The van der Waals surface area contributed by atoms with Crippen LogP contribution in [0.25, 0.3) is 10.8 Å². The van der Waals surface area contributed by atoms with Gasteiger partial charge in [0.05, 0.1) is 6.07 Å². The zero-order chi connectivity index (χ0) is 30.2. The van der Waals surface area contributed by atoms with Crippen molar-refractivity contribution in [1.29, 1.82) is 5.26 Å². The first-order valence-electron chi connectivity index (χ1n) is 14.0. The van der Waals surface area contributed by atoms with E-state index in [0.29, 0.717) is 17.7 Å². The Balaban J connectivity index is 2.01. The minimum absolute atomic E-state index is 0.0385. The fourth-order valence-corrected chi connectivity index (χ4v) is 4.60. The van der Waals surface area contributed by atoms with Crippen LogP contribution in [0.2, 0.25) is 0 Å². The summed E-state index contributed by atoms with van der Waals surface area (Å²) in [5.74, 6) is -0.963. The molecular weight excluding hydrogens is 516 g/mol. The maximum absolute atomic E-state index is 14.1. The summed E-state index contributed by atoms with van der Waals surface area (Å²) in [7, 11) is 0. The number of carbonyl (C=O) groups excluding carboxylic acids is 3. The molecule has 41 heavy (non-hydrogen) atoms. The minimum Gasteiger partial charge on any atom is -0.444 e. The largest absolute Gasteiger partial charge is 0.444 e. The lowest BCUT2D eigenvalue weighted by molar-refractivity contribution is -0.140. The monoisotopic (exact) mass is 556 g/mol. The molecule has 2 N–H and O–H groups in total. The smallest absolute Gasteiger partial charge is 0.408 e. The molecule has 2 atom stereocenters. The molecular formula is C33H40N4O4. The Morgan fingerprint density at radius 3 is 2.22 bits per heavy atom. The van der Waals surface area contributed by atoms with Crippen LogP contribution >= 0.6 is 0 Å². The van der Waals surface area contributed by atoms with Crippen molar-refractivity contribution in [3.63, 3.8) is 0 Å². The number of carbonyl (C=O) groups is 3. The lowest BCUT2D eigenvalue weighted by Crippen LogP contribution is -2.53. The maximum Gasteiger partial charge on any atom is 0.408 e. The molecule has 2 unspecified atom stereocenters. The van der Waals surface area contributed by atoms with Crippen molar-refractivity contribution in [2.75, 3.05) is 11.9 Å². The van der Waals surface area contributed by atoms with Crippen LogP contribution in [0.15, 0.2) is 66.7 Å². The Morgan fingerprint density at radius 2 is 1.63 bits per heavy atom. The van der Waals surface area contributed by atoms with E-state index in [2.05, 4.69) is 10.6 Å². The first kappa shape index (κ1) is 31.2. The summed E-state index contributed by atoms with van der Waals surface area (Å²) in [6, 6.07) is 20.8. The highest BCUT2D eigenvalue weighted by Crippen LogP contribution is 2.27. The first-order valence-corrected chi connectivity index (χ1v) is 14.0. The second kappa shape index (κ2) is 13.8. The van der Waals surface area contributed by atoms with Gasteiger partial charge in [0.15, 0.2) is 0 Å². The van der Waals surface area contributed by atoms with Crippen LogP contribution in [0.3, 0.4) is 0 Å². The van der Waals surface area contributed by atoms with E-state index < -0.39 is 35.6 Å². The zero-order valence-corrected chi connectivity index (χ0v) is 24.7. The summed E-state index contributed by atoms with van der Waals surface area (Å²) < 4.78 is 5.41. The van der Waals surface area contributed by atoms with Crippen molar-refractivity contribution in [3.05, 3.63) is 77.9 Å². The van der Waals surface area contributed by atoms with E-state index in [4.69, 9.17) is 4.74 Å². The van der Waals surface area contributed by atoms with Crippen molar-refractivity contribution < 1.29 is 19.1 Å². The van der Waals surface area contributed by atoms with E-state index >= 15 is 0 Å². The van der Waals surface area contributed by atoms with E-state index in [9.17, 15) is 19.6 Å². The number of aryl methyl sites for hydroxylation is 1. The number of ether oxygens (including phenoxy) is 1. The summed E-state index contributed by atoms with van der Waals surface area (Å²) >= 11 is 0. The highest BCUT2D eigenvalue weighted by atomic mass is 16.6. The second-order valence-electron chi connectivity index (χ2n) is 11.5. The number of amides is 3. The summed E-state index contributed by atoms with van der Waals surface area (Å²) in [4.78, 5) is 41.9. The van der Waals surface area contributed by atoms with Crippen LogP contribution in [0.1, 0.15) is 65.1 Å². The summed E-state index contributed by atoms with van der Waals surface area (Å²) in [5.41, 5.74) is 1.44. The van der Waals surface area contributed by atoms with E-state index in [0.717, 1.165) is 22.8 Å². The van der Waals surface area contributed by atoms with Crippen molar-refractivity contribution in [3.8, 4) is 6.07 Å². The maximum atomic E-state index is 14.1. The van der Waals surface area contributed by atoms with Gasteiger partial charge in [-0.2, -0.15) is 5.26 Å². The fraction of sp³-hybridized carbons (Fsp3) is 0.394. The molecule has 3 aromatic rings. The van der Waals surface area contributed by atoms with Gasteiger partial charge in [0.25, 0.3) is 5.91 Å². The van der Waals surface area contributed by atoms with Crippen LogP contribution in [0.4, 0.5) is 10.5 Å². The van der Waals surface area contributed by atoms with Gasteiger partial charge in [-0.3, -0.25) is 9.59 Å². The molecule has 0 saturated carbocycles. The van der Waals surface area contributed by atoms with Crippen LogP contribution in [0, 0.1) is 17.2 Å². The molecule has 0 fully saturated rings. The number of fused-ring (bicyclic) bond motifs is 1. The Morgan fingerprint density at radius 1 is 0.976 bits per heavy atom. The molecule has 0 radical (unpaired) electrons. The number of nitrogens with one attached hydrogen (secondary N) is 2. The van der Waals surface area contributed by atoms with Crippen LogP contribution in [-0.2, 0) is 20.7 Å². The van der Waals surface area contributed by atoms with Crippen molar-refractivity contribution >= 4 is 34.4 Å². The van der Waals surface area contributed by atoms with Gasteiger partial charge in [-0.15, -0.1) is 0 Å². The van der Waals surface area contributed by atoms with Crippen molar-refractivity contribution in [2.45, 2.75) is 72.1 Å². The fourth-order valence-electron chi connectivity index (χ4n) is 4.60. The average Bonchev–Trinajstić information content (AvgIpc) is 2.91. The van der Waals surface area contributed by atoms with E-state index in [-0.39, 0.29) is 12.5 Å². The molecule has 8 nitrogen and oxygen atoms in total. The van der Waals surface area contributed by atoms with Gasteiger partial charge in [0.1, 0.15) is 24.2 Å². The van der Waals surface area contributed by atoms with Crippen molar-refractivity contribution in [2.24, 2.45) is 5.92 Å². The van der Waals surface area contributed by atoms with Crippen LogP contribution in [0.5, 0.6) is 0 Å². The zero-order valence-electron chi connectivity index (χ0n) is 24.7. The van der Waals surface area contributed by atoms with E-state index in [1.807, 2.05) is 75.4 Å². The SMILES string of the molecule is CCc1ccc(C(C(=O)Nc2ccc3ccccc3c2)N(CC#N)C(=O)C(CC(C)C)NC(=O)OC(C)(C)C)cc1. The van der Waals surface area contributed by atoms with Gasteiger partial charge < -0.3 is 20.3 Å². The van der Waals surface area contributed by atoms with Crippen LogP contribution in [-0.4, -0.2) is 41.0 Å². The second-order valence-corrected chi connectivity index (χ2v) is 11.5. The molecule has 0 bridgehead atoms. The van der Waals surface area contributed by atoms with Gasteiger partial charge in [-0.1, -0.05) is 75.4 Å². The molecule has 0 aromatic heterocycles. The number of hydrogen-bond donors (Lipinski definition) is 2. The number of hydrogen-bond acceptors (Lipinski definition) is 5. The average molecular weight is 557 g/mol. The first-order chi connectivity index (χ1) is 19.4. The van der Waals surface area contributed by atoms with Gasteiger partial charge in [-0.25, -0.2) is 4.79 Å². The standard InChI is InChI=1S/C33H40N4O4/c1-7-23-12-14-25(15-13-23)29(30(38)35-27-17-16-24-10-8-9-11-26(24)21-27)37(19-18-34)31(39)28(20-22(2)3)36-32(40)41-33(4,5)6/h8-17,21-22,28-29H,7,19-20H2,1-6H3,(H,35,38)(H,36,40). The Kier molecular flexibility index (Phi) is 10.5. The highest BCUT2D eigenvalue weighted by molar-refractivity contribution is 6.00. The number of nitrogens with zero attached hydrogens (tertiary/aromatic N) is 2. The lowest BCUT2D eigenvalue weighted by Gasteiger charge is -2.33. The molecule has 0 spiro atoms. The number of benzene rings is 3. The highest BCUT2D eigenvalue weighted by Gasteiger charge is 2.36. The molecule has 0 heterocycles. The van der Waals surface area contributed by atoms with Gasteiger partial charge in [0.2, 0.25) is 5.91 Å². The van der Waals surface area contributed by atoms with Gasteiger partial charge in [0, 0.05) is 5.69 Å². The Bertz CT molecular complexity index is 1400. The normalized spacial score (nSPS) is 12.7. The lowest BCUT2D eigenvalue weighted by atomic mass is 9.98. The molecule has 3 aromatic carbocycles. The topological polar surface area (TPSA) is 112 Å². The summed E-state index contributed by atoms with van der Waals surface area (Å²) in [6.45, 7) is 10.7. The van der Waals surface area contributed by atoms with Gasteiger partial charge >= 0.3 is 6.09 Å². The Labute approximate surface area is 242 Å². The third-order valence-electron chi connectivity index (χ3n) is 6.50. The predicted octanol–water partition coefficient (Wildman–Crippen LogP) is 6.37. The molecule has 216 valence electrons. The number of nitriles is 1. The van der Waals surface area contributed by atoms with Gasteiger partial charge in [-0.05, 0) is 73.6 Å². The van der Waals surface area contributed by atoms with E-state index in [1.165, 1.54) is 4.90 Å². The minimum atomic E-state index is -1.12. The van der Waals surface area contributed by atoms with Crippen molar-refractivity contribution in [1.82, 2.24) is 10.2 Å². The third-order valence-corrected chi connectivity index (χ3v) is 6.50. The third kappa shape index (κ3) is 8.81. The number of rotatable bonds is 10. The van der Waals surface area contributed by atoms with E-state index in [1.54, 1.807) is 39.0 Å². The molecule has 0 aliphatic rings. The molecule has 0 saturated heterocycles. The number of alkyl carbamates (subject to hydrolysis) is 1.